The number of aliphatic carboxylic acids is 1. The molecule has 1 aromatic carbocycles. The number of hydrogen-bond acceptors (Lipinski definition) is 6. The Morgan fingerprint density at radius 1 is 1.11 bits per heavy atom. The summed E-state index contributed by atoms with van der Waals surface area (Å²) >= 11 is 0. The second-order valence-corrected chi connectivity index (χ2v) is 7.20. The number of methoxy groups -OCH3 is 1. The van der Waals surface area contributed by atoms with Gasteiger partial charge in [0.25, 0.3) is 0 Å². The van der Waals surface area contributed by atoms with E-state index in [1.54, 1.807) is 27.7 Å². The van der Waals surface area contributed by atoms with Crippen LogP contribution in [0.15, 0.2) is 6.07 Å². The van der Waals surface area contributed by atoms with Crippen molar-refractivity contribution in [2.24, 2.45) is 0 Å². The molecule has 0 atom stereocenters. The van der Waals surface area contributed by atoms with Crippen LogP contribution in [0, 0.1) is 13.8 Å². The lowest BCUT2D eigenvalue weighted by Gasteiger charge is -2.23. The van der Waals surface area contributed by atoms with Gasteiger partial charge in [-0.25, -0.2) is 4.79 Å². The lowest BCUT2D eigenvalue weighted by molar-refractivity contribution is -0.140. The Morgan fingerprint density at radius 2 is 1.70 bits per heavy atom. The summed E-state index contributed by atoms with van der Waals surface area (Å²) in [6.07, 6.45) is -0.564. The number of hydrogen-bond donors (Lipinski definition) is 3. The zero-order chi connectivity index (χ0) is 20.8. The lowest BCUT2D eigenvalue weighted by Crippen LogP contribution is -2.28. The lowest BCUT2D eigenvalue weighted by atomic mass is 9.95. The molecule has 0 radical (unpaired) electrons. The Hall–Kier alpha value is -2.61. The molecule has 0 bridgehead atoms. The van der Waals surface area contributed by atoms with Crippen molar-refractivity contribution in [2.75, 3.05) is 19.0 Å². The average Bonchev–Trinajstić information content (AvgIpc) is 2.53. The largest absolute Gasteiger partial charge is 0.480 e. The summed E-state index contributed by atoms with van der Waals surface area (Å²) in [5.74, 6) is -1.38. The third-order valence-electron chi connectivity index (χ3n) is 3.84. The third kappa shape index (κ3) is 7.26. The molecule has 0 aliphatic carbocycles. The van der Waals surface area contributed by atoms with Crippen LogP contribution in [-0.4, -0.2) is 42.4 Å². The fraction of sp³-hybridized carbons (Fsp3) is 0.526. The molecule has 0 aromatic heterocycles. The first-order chi connectivity index (χ1) is 12.4. The van der Waals surface area contributed by atoms with Gasteiger partial charge in [-0.1, -0.05) is 6.07 Å². The van der Waals surface area contributed by atoms with E-state index in [9.17, 15) is 14.4 Å². The number of carbonyl (C=O) groups is 3. The van der Waals surface area contributed by atoms with Gasteiger partial charge in [-0.15, -0.1) is 0 Å². The van der Waals surface area contributed by atoms with Gasteiger partial charge in [0.2, 0.25) is 0 Å². The second kappa shape index (κ2) is 9.36. The molecule has 1 amide bonds. The van der Waals surface area contributed by atoms with Crippen LogP contribution in [0.5, 0.6) is 0 Å². The molecule has 0 saturated heterocycles. The van der Waals surface area contributed by atoms with Gasteiger partial charge in [-0.05, 0) is 56.9 Å². The Kier molecular flexibility index (Phi) is 7.78. The first kappa shape index (κ1) is 22.4. The van der Waals surface area contributed by atoms with Crippen molar-refractivity contribution < 1.29 is 29.0 Å². The maximum Gasteiger partial charge on any atom is 0.412 e. The molecule has 3 N–H and O–H groups in total. The molecule has 0 saturated carbocycles. The van der Waals surface area contributed by atoms with E-state index in [1.165, 1.54) is 7.11 Å². The smallest absolute Gasteiger partial charge is 0.412 e. The predicted molar refractivity (Wildman–Crippen MR) is 101 cm³/mol. The summed E-state index contributed by atoms with van der Waals surface area (Å²) in [6, 6.07) is 1.82. The molecule has 0 heterocycles. The SMILES string of the molecule is COC(=O)Cc1cc(CNCC(=O)O)c(C)c(NC(=O)OC(C)(C)C)c1C. The van der Waals surface area contributed by atoms with Crippen LogP contribution >= 0.6 is 0 Å². The van der Waals surface area contributed by atoms with Crippen LogP contribution in [0.2, 0.25) is 0 Å². The van der Waals surface area contributed by atoms with Crippen molar-refractivity contribution in [3.63, 3.8) is 0 Å². The van der Waals surface area contributed by atoms with E-state index in [2.05, 4.69) is 10.6 Å². The molecule has 0 fully saturated rings. The standard InChI is InChI=1S/C19H28N2O6/c1-11-13(8-16(24)26-6)7-14(9-20-10-15(22)23)12(2)17(11)21-18(25)27-19(3,4)5/h7,20H,8-10H2,1-6H3,(H,21,25)(H,22,23). The molecule has 0 aliphatic rings. The molecule has 0 unspecified atom stereocenters. The Bertz CT molecular complexity index is 722. The van der Waals surface area contributed by atoms with Crippen molar-refractivity contribution in [2.45, 2.75) is 53.2 Å². The number of anilines is 1. The molecular weight excluding hydrogens is 352 g/mol. The van der Waals surface area contributed by atoms with Gasteiger partial charge in [0.15, 0.2) is 0 Å². The summed E-state index contributed by atoms with van der Waals surface area (Å²) in [6.45, 7) is 8.99. The van der Waals surface area contributed by atoms with Crippen LogP contribution in [0.3, 0.4) is 0 Å². The fourth-order valence-corrected chi connectivity index (χ4v) is 2.52. The maximum atomic E-state index is 12.2. The molecule has 150 valence electrons. The first-order valence-electron chi connectivity index (χ1n) is 8.56. The van der Waals surface area contributed by atoms with Crippen LogP contribution in [0.4, 0.5) is 10.5 Å². The first-order valence-corrected chi connectivity index (χ1v) is 8.56. The van der Waals surface area contributed by atoms with E-state index in [4.69, 9.17) is 14.6 Å². The van der Waals surface area contributed by atoms with E-state index in [-0.39, 0.29) is 19.5 Å². The van der Waals surface area contributed by atoms with Crippen molar-refractivity contribution in [3.05, 3.63) is 28.3 Å². The average molecular weight is 380 g/mol. The van der Waals surface area contributed by atoms with E-state index in [1.807, 2.05) is 13.0 Å². The normalized spacial score (nSPS) is 11.0. The van der Waals surface area contributed by atoms with Gasteiger partial charge < -0.3 is 19.9 Å². The topological polar surface area (TPSA) is 114 Å². The van der Waals surface area contributed by atoms with Crippen molar-refractivity contribution in [1.82, 2.24) is 5.32 Å². The van der Waals surface area contributed by atoms with Crippen LogP contribution in [-0.2, 0) is 32.0 Å². The monoisotopic (exact) mass is 380 g/mol. The molecular formula is C19H28N2O6. The minimum Gasteiger partial charge on any atom is -0.480 e. The number of amides is 1. The van der Waals surface area contributed by atoms with Crippen LogP contribution in [0.1, 0.15) is 43.0 Å². The zero-order valence-corrected chi connectivity index (χ0v) is 16.7. The number of benzene rings is 1. The summed E-state index contributed by atoms with van der Waals surface area (Å²) in [4.78, 5) is 34.7. The predicted octanol–water partition coefficient (Wildman–Crippen LogP) is 2.54. The highest BCUT2D eigenvalue weighted by Crippen LogP contribution is 2.29. The third-order valence-corrected chi connectivity index (χ3v) is 3.84. The highest BCUT2D eigenvalue weighted by molar-refractivity contribution is 5.88. The fourth-order valence-electron chi connectivity index (χ4n) is 2.52. The summed E-state index contributed by atoms with van der Waals surface area (Å²) < 4.78 is 10.0. The molecule has 8 heteroatoms. The molecule has 27 heavy (non-hydrogen) atoms. The van der Waals surface area contributed by atoms with E-state index < -0.39 is 23.6 Å². The van der Waals surface area contributed by atoms with Crippen molar-refractivity contribution in [3.8, 4) is 0 Å². The molecule has 0 spiro atoms. The Morgan fingerprint density at radius 3 is 2.22 bits per heavy atom. The number of carbonyl (C=O) groups excluding carboxylic acids is 2. The van der Waals surface area contributed by atoms with Crippen LogP contribution < -0.4 is 10.6 Å². The van der Waals surface area contributed by atoms with Crippen molar-refractivity contribution in [1.29, 1.82) is 0 Å². The van der Waals surface area contributed by atoms with E-state index in [0.717, 1.165) is 16.7 Å². The number of carboxylic acids is 1. The quantitative estimate of drug-likeness (QED) is 0.623. The van der Waals surface area contributed by atoms with Gasteiger partial charge in [0, 0.05) is 6.54 Å². The van der Waals surface area contributed by atoms with Gasteiger partial charge in [-0.3, -0.25) is 14.9 Å². The van der Waals surface area contributed by atoms with Gasteiger partial charge in [0.1, 0.15) is 5.60 Å². The number of nitrogens with one attached hydrogen (secondary N) is 2. The van der Waals surface area contributed by atoms with E-state index in [0.29, 0.717) is 11.3 Å². The molecule has 8 nitrogen and oxygen atoms in total. The Labute approximate surface area is 159 Å². The zero-order valence-electron chi connectivity index (χ0n) is 16.7. The van der Waals surface area contributed by atoms with Gasteiger partial charge >= 0.3 is 18.0 Å². The number of carboxylic acid groups (broad SMARTS) is 1. The maximum absolute atomic E-state index is 12.2. The highest BCUT2D eigenvalue weighted by Gasteiger charge is 2.20. The molecule has 1 rings (SSSR count). The molecule has 1 aromatic rings. The van der Waals surface area contributed by atoms with Gasteiger partial charge in [0.05, 0.1) is 25.8 Å². The minimum atomic E-state index is -0.971. The molecule has 0 aliphatic heterocycles. The van der Waals surface area contributed by atoms with Gasteiger partial charge in [-0.2, -0.15) is 0 Å². The minimum absolute atomic E-state index is 0.0392. The number of esters is 1. The number of rotatable bonds is 7. The second-order valence-electron chi connectivity index (χ2n) is 7.20. The highest BCUT2D eigenvalue weighted by atomic mass is 16.6. The summed E-state index contributed by atoms with van der Waals surface area (Å²) in [7, 11) is 1.31. The van der Waals surface area contributed by atoms with Crippen molar-refractivity contribution >= 4 is 23.7 Å². The summed E-state index contributed by atoms with van der Waals surface area (Å²) in [5.41, 5.74) is 2.84. The van der Waals surface area contributed by atoms with Crippen LogP contribution in [0.25, 0.3) is 0 Å². The Balaban J connectivity index is 3.23. The van der Waals surface area contributed by atoms with E-state index >= 15 is 0 Å². The number of ether oxygens (including phenoxy) is 2. The summed E-state index contributed by atoms with van der Waals surface area (Å²) in [5, 5.41) is 14.4.